The van der Waals surface area contributed by atoms with Gasteiger partial charge in [-0.25, -0.2) is 0 Å². The maximum Gasteiger partial charge on any atom is 0.325 e. The van der Waals surface area contributed by atoms with Gasteiger partial charge in [0, 0.05) is 6.54 Å². The summed E-state index contributed by atoms with van der Waals surface area (Å²) < 4.78 is 0. The average Bonchev–Trinajstić information content (AvgIpc) is 3.13. The van der Waals surface area contributed by atoms with Crippen LogP contribution in [-0.2, 0) is 19.2 Å². The van der Waals surface area contributed by atoms with Gasteiger partial charge in [0.1, 0.15) is 18.1 Å². The van der Waals surface area contributed by atoms with E-state index >= 15 is 0 Å². The molecule has 3 amide bonds. The lowest BCUT2D eigenvalue weighted by Gasteiger charge is -2.30. The largest absolute Gasteiger partial charge is 0.480 e. The number of hydrogen-bond donors (Lipinski definition) is 4. The van der Waals surface area contributed by atoms with Crippen LogP contribution >= 0.6 is 11.8 Å². The highest BCUT2D eigenvalue weighted by Crippen LogP contribution is 2.20. The summed E-state index contributed by atoms with van der Waals surface area (Å²) in [6.07, 6.45) is 3.42. The van der Waals surface area contributed by atoms with Crippen LogP contribution in [0.25, 0.3) is 0 Å². The summed E-state index contributed by atoms with van der Waals surface area (Å²) in [7, 11) is 0. The minimum Gasteiger partial charge on any atom is -0.480 e. The number of carbonyl (C=O) groups excluding carboxylic acids is 3. The number of carbonyl (C=O) groups is 4. The molecule has 4 unspecified atom stereocenters. The van der Waals surface area contributed by atoms with Gasteiger partial charge in [-0.05, 0) is 44.1 Å². The van der Waals surface area contributed by atoms with Crippen LogP contribution in [0.2, 0.25) is 0 Å². The number of likely N-dealkylation sites (tertiary alicyclic amines) is 1. The van der Waals surface area contributed by atoms with E-state index in [1.54, 1.807) is 11.8 Å². The predicted octanol–water partition coefficient (Wildman–Crippen LogP) is -0.212. The smallest absolute Gasteiger partial charge is 0.325 e. The molecule has 0 aromatic heterocycles. The molecule has 1 heterocycles. The molecule has 0 aromatic rings. The van der Waals surface area contributed by atoms with Crippen molar-refractivity contribution in [3.8, 4) is 0 Å². The fourth-order valence-electron chi connectivity index (χ4n) is 2.94. The molecule has 1 fully saturated rings. The molecular formula is C18H32N4O5S. The maximum atomic E-state index is 13.1. The van der Waals surface area contributed by atoms with Crippen molar-refractivity contribution in [1.29, 1.82) is 0 Å². The quantitative estimate of drug-likeness (QED) is 0.386. The van der Waals surface area contributed by atoms with Gasteiger partial charge in [-0.2, -0.15) is 11.8 Å². The Kier molecular flexibility index (Phi) is 9.74. The zero-order valence-electron chi connectivity index (χ0n) is 16.9. The van der Waals surface area contributed by atoms with Gasteiger partial charge >= 0.3 is 5.97 Å². The number of carboxylic acids is 1. The Balaban J connectivity index is 2.89. The van der Waals surface area contributed by atoms with E-state index in [4.69, 9.17) is 10.8 Å². The van der Waals surface area contributed by atoms with Gasteiger partial charge in [-0.15, -0.1) is 0 Å². The zero-order chi connectivity index (χ0) is 21.4. The highest BCUT2D eigenvalue weighted by molar-refractivity contribution is 7.98. The Hall–Kier alpha value is -1.81. The summed E-state index contributed by atoms with van der Waals surface area (Å²) in [5.41, 5.74) is 5.89. The number of nitrogens with two attached hydrogens (primary N) is 1. The molecule has 1 saturated heterocycles. The third-order valence-electron chi connectivity index (χ3n) is 4.81. The van der Waals surface area contributed by atoms with Crippen molar-refractivity contribution in [2.75, 3.05) is 18.6 Å². The lowest BCUT2D eigenvalue weighted by molar-refractivity contribution is -0.144. The molecule has 160 valence electrons. The Bertz CT molecular complexity index is 586. The first-order chi connectivity index (χ1) is 13.1. The molecule has 1 rings (SSSR count). The first kappa shape index (κ1) is 24.2. The average molecular weight is 417 g/mol. The van der Waals surface area contributed by atoms with Crippen molar-refractivity contribution in [2.24, 2.45) is 11.7 Å². The molecule has 0 aromatic carbocycles. The molecule has 0 saturated carbocycles. The summed E-state index contributed by atoms with van der Waals surface area (Å²) in [6, 6.07) is -3.27. The summed E-state index contributed by atoms with van der Waals surface area (Å²) in [4.78, 5) is 50.3. The third-order valence-corrected chi connectivity index (χ3v) is 5.46. The molecule has 10 heteroatoms. The first-order valence-electron chi connectivity index (χ1n) is 9.48. The van der Waals surface area contributed by atoms with Crippen LogP contribution in [-0.4, -0.2) is 76.4 Å². The Morgan fingerprint density at radius 3 is 2.39 bits per heavy atom. The van der Waals surface area contributed by atoms with Crippen LogP contribution in [0.5, 0.6) is 0 Å². The van der Waals surface area contributed by atoms with E-state index in [1.807, 2.05) is 20.1 Å². The molecule has 9 nitrogen and oxygen atoms in total. The van der Waals surface area contributed by atoms with Crippen molar-refractivity contribution in [2.45, 2.75) is 64.2 Å². The zero-order valence-corrected chi connectivity index (χ0v) is 17.8. The standard InChI is InChI=1S/C18H32N4O5S/c1-10(2)14(19)16(24)21-12(7-9-28-4)17(25)22-8-5-6-13(22)15(23)20-11(3)18(26)27/h10-14H,5-9,19H2,1-4H3,(H,20,23)(H,21,24)(H,26,27). The highest BCUT2D eigenvalue weighted by atomic mass is 32.2. The van der Waals surface area contributed by atoms with Crippen LogP contribution in [0, 0.1) is 5.92 Å². The number of nitrogens with one attached hydrogen (secondary N) is 2. The molecule has 1 aliphatic heterocycles. The van der Waals surface area contributed by atoms with E-state index in [2.05, 4.69) is 10.6 Å². The first-order valence-corrected chi connectivity index (χ1v) is 10.9. The molecule has 1 aliphatic rings. The van der Waals surface area contributed by atoms with Gasteiger partial charge < -0.3 is 26.4 Å². The molecule has 0 radical (unpaired) electrons. The van der Waals surface area contributed by atoms with E-state index in [9.17, 15) is 19.2 Å². The number of carboxylic acid groups (broad SMARTS) is 1. The number of amides is 3. The highest BCUT2D eigenvalue weighted by Gasteiger charge is 2.38. The fourth-order valence-corrected chi connectivity index (χ4v) is 3.41. The van der Waals surface area contributed by atoms with Crippen molar-refractivity contribution < 1.29 is 24.3 Å². The molecule has 4 atom stereocenters. The lowest BCUT2D eigenvalue weighted by Crippen LogP contribution is -2.57. The molecule has 0 aliphatic carbocycles. The monoisotopic (exact) mass is 416 g/mol. The third kappa shape index (κ3) is 6.66. The minimum absolute atomic E-state index is 0.0703. The summed E-state index contributed by atoms with van der Waals surface area (Å²) in [5, 5.41) is 14.1. The summed E-state index contributed by atoms with van der Waals surface area (Å²) >= 11 is 1.55. The van der Waals surface area contributed by atoms with E-state index in [0.717, 1.165) is 0 Å². The van der Waals surface area contributed by atoms with E-state index in [-0.39, 0.29) is 11.8 Å². The van der Waals surface area contributed by atoms with Gasteiger partial charge in [0.25, 0.3) is 0 Å². The van der Waals surface area contributed by atoms with E-state index in [0.29, 0.717) is 31.6 Å². The van der Waals surface area contributed by atoms with Crippen LogP contribution in [0.4, 0.5) is 0 Å². The van der Waals surface area contributed by atoms with Crippen molar-refractivity contribution in [1.82, 2.24) is 15.5 Å². The summed E-state index contributed by atoms with van der Waals surface area (Å²) in [6.45, 7) is 5.41. The van der Waals surface area contributed by atoms with Gasteiger partial charge in [-0.3, -0.25) is 19.2 Å². The molecule has 5 N–H and O–H groups in total. The Morgan fingerprint density at radius 2 is 1.86 bits per heavy atom. The second kappa shape index (κ2) is 11.3. The number of nitrogens with zero attached hydrogens (tertiary/aromatic N) is 1. The number of hydrogen-bond acceptors (Lipinski definition) is 6. The van der Waals surface area contributed by atoms with Gasteiger partial charge in [0.05, 0.1) is 6.04 Å². The van der Waals surface area contributed by atoms with Gasteiger partial charge in [0.2, 0.25) is 17.7 Å². The molecular weight excluding hydrogens is 384 g/mol. The second-order valence-corrected chi connectivity index (χ2v) is 8.36. The molecule has 28 heavy (non-hydrogen) atoms. The van der Waals surface area contributed by atoms with Gasteiger partial charge in [-0.1, -0.05) is 13.8 Å². The van der Waals surface area contributed by atoms with Crippen LogP contribution in [0.15, 0.2) is 0 Å². The molecule has 0 spiro atoms. The predicted molar refractivity (Wildman–Crippen MR) is 108 cm³/mol. The van der Waals surface area contributed by atoms with Crippen molar-refractivity contribution in [3.63, 3.8) is 0 Å². The second-order valence-electron chi connectivity index (χ2n) is 7.37. The fraction of sp³-hybridized carbons (Fsp3) is 0.778. The van der Waals surface area contributed by atoms with Crippen LogP contribution in [0.1, 0.15) is 40.0 Å². The summed E-state index contributed by atoms with van der Waals surface area (Å²) in [5.74, 6) is -1.77. The topological polar surface area (TPSA) is 142 Å². The van der Waals surface area contributed by atoms with Crippen molar-refractivity contribution in [3.05, 3.63) is 0 Å². The van der Waals surface area contributed by atoms with Crippen molar-refractivity contribution >= 4 is 35.5 Å². The minimum atomic E-state index is -1.14. The maximum absolute atomic E-state index is 13.1. The molecule has 0 bridgehead atoms. The van der Waals surface area contributed by atoms with Crippen LogP contribution in [0.3, 0.4) is 0 Å². The van der Waals surface area contributed by atoms with Crippen LogP contribution < -0.4 is 16.4 Å². The number of thioether (sulfide) groups is 1. The Morgan fingerprint density at radius 1 is 1.21 bits per heavy atom. The number of aliphatic carboxylic acids is 1. The SMILES string of the molecule is CSCCC(NC(=O)C(N)C(C)C)C(=O)N1CCCC1C(=O)NC(C)C(=O)O. The number of rotatable bonds is 10. The lowest BCUT2D eigenvalue weighted by atomic mass is 10.0. The van der Waals surface area contributed by atoms with E-state index in [1.165, 1.54) is 11.8 Å². The van der Waals surface area contributed by atoms with Gasteiger partial charge in [0.15, 0.2) is 0 Å². The Labute approximate surface area is 170 Å². The van der Waals surface area contributed by atoms with E-state index < -0.39 is 42.0 Å². The normalized spacial score (nSPS) is 19.8.